The zero-order valence-electron chi connectivity index (χ0n) is 10.3. The van der Waals surface area contributed by atoms with Crippen LogP contribution in [0.15, 0.2) is 30.3 Å². The molecule has 7 heteroatoms. The third kappa shape index (κ3) is 3.23. The van der Waals surface area contributed by atoms with Crippen molar-refractivity contribution in [2.75, 3.05) is 0 Å². The first-order valence-corrected chi connectivity index (χ1v) is 5.49. The summed E-state index contributed by atoms with van der Waals surface area (Å²) >= 11 is 0. The topological polar surface area (TPSA) is 58.8 Å². The van der Waals surface area contributed by atoms with Gasteiger partial charge < -0.3 is 4.74 Å². The minimum atomic E-state index is -4.57. The first-order valence-electron chi connectivity index (χ1n) is 5.49. The van der Waals surface area contributed by atoms with Crippen LogP contribution in [0.25, 0.3) is 0 Å². The van der Waals surface area contributed by atoms with Gasteiger partial charge in [0, 0.05) is 6.07 Å². The molecule has 0 N–H and O–H groups in total. The lowest BCUT2D eigenvalue weighted by atomic mass is 10.2. The van der Waals surface area contributed by atoms with Crippen molar-refractivity contribution in [3.63, 3.8) is 0 Å². The van der Waals surface area contributed by atoms with Crippen molar-refractivity contribution < 1.29 is 17.9 Å². The summed E-state index contributed by atoms with van der Waals surface area (Å²) in [6.45, 7) is 1.34. The Hall–Kier alpha value is -2.62. The SMILES string of the molecule is Cc1nc(Oc2cccc(C#N)c2)cc(C(F)(F)F)n1. The summed E-state index contributed by atoms with van der Waals surface area (Å²) < 4.78 is 43.1. The molecule has 0 saturated carbocycles. The minimum absolute atomic E-state index is 0.0498. The van der Waals surface area contributed by atoms with Gasteiger partial charge >= 0.3 is 6.18 Å². The maximum atomic E-state index is 12.6. The van der Waals surface area contributed by atoms with Crippen LogP contribution in [0.2, 0.25) is 0 Å². The number of rotatable bonds is 2. The molecular weight excluding hydrogens is 271 g/mol. The number of aromatic nitrogens is 2. The molecule has 0 saturated heterocycles. The van der Waals surface area contributed by atoms with Gasteiger partial charge in [0.15, 0.2) is 5.69 Å². The molecule has 0 unspecified atom stereocenters. The maximum Gasteiger partial charge on any atom is 0.433 e. The highest BCUT2D eigenvalue weighted by atomic mass is 19.4. The van der Waals surface area contributed by atoms with E-state index in [0.29, 0.717) is 11.6 Å². The Kier molecular flexibility index (Phi) is 3.57. The van der Waals surface area contributed by atoms with Crippen LogP contribution in [-0.2, 0) is 6.18 Å². The van der Waals surface area contributed by atoms with Gasteiger partial charge in [-0.2, -0.15) is 23.4 Å². The standard InChI is InChI=1S/C13H8F3N3O/c1-8-18-11(13(14,15)16)6-12(19-8)20-10-4-2-3-9(5-10)7-17/h2-6H,1H3. The van der Waals surface area contributed by atoms with Crippen LogP contribution in [-0.4, -0.2) is 9.97 Å². The molecule has 2 aromatic rings. The van der Waals surface area contributed by atoms with E-state index in [0.717, 1.165) is 0 Å². The quantitative estimate of drug-likeness (QED) is 0.844. The zero-order valence-corrected chi connectivity index (χ0v) is 10.3. The van der Waals surface area contributed by atoms with Crippen molar-refractivity contribution in [1.29, 1.82) is 5.26 Å². The van der Waals surface area contributed by atoms with E-state index in [2.05, 4.69) is 9.97 Å². The van der Waals surface area contributed by atoms with E-state index in [9.17, 15) is 13.2 Å². The Balaban J connectivity index is 2.34. The van der Waals surface area contributed by atoms with Crippen LogP contribution in [0.4, 0.5) is 13.2 Å². The molecule has 102 valence electrons. The van der Waals surface area contributed by atoms with E-state index < -0.39 is 11.9 Å². The van der Waals surface area contributed by atoms with Gasteiger partial charge in [-0.3, -0.25) is 0 Å². The van der Waals surface area contributed by atoms with Gasteiger partial charge in [0.1, 0.15) is 11.6 Å². The van der Waals surface area contributed by atoms with Gasteiger partial charge in [0.25, 0.3) is 0 Å². The summed E-state index contributed by atoms with van der Waals surface area (Å²) in [5.41, 5.74) is -0.735. The van der Waals surface area contributed by atoms with Crippen molar-refractivity contribution in [1.82, 2.24) is 9.97 Å². The lowest BCUT2D eigenvalue weighted by Crippen LogP contribution is -2.10. The summed E-state index contributed by atoms with van der Waals surface area (Å²) in [5.74, 6) is -0.0403. The Morgan fingerprint density at radius 3 is 2.60 bits per heavy atom. The molecule has 0 aliphatic heterocycles. The second kappa shape index (κ2) is 5.17. The van der Waals surface area contributed by atoms with Crippen molar-refractivity contribution in [2.45, 2.75) is 13.1 Å². The predicted molar refractivity (Wildman–Crippen MR) is 63.0 cm³/mol. The minimum Gasteiger partial charge on any atom is -0.439 e. The van der Waals surface area contributed by atoms with E-state index in [-0.39, 0.29) is 17.5 Å². The highest BCUT2D eigenvalue weighted by molar-refractivity contribution is 5.38. The Bertz CT molecular complexity index is 677. The molecule has 0 spiro atoms. The lowest BCUT2D eigenvalue weighted by Gasteiger charge is -2.09. The van der Waals surface area contributed by atoms with Gasteiger partial charge in [-0.25, -0.2) is 4.98 Å². The van der Waals surface area contributed by atoms with Crippen molar-refractivity contribution >= 4 is 0 Å². The highest BCUT2D eigenvalue weighted by Crippen LogP contribution is 2.30. The Morgan fingerprint density at radius 1 is 1.20 bits per heavy atom. The van der Waals surface area contributed by atoms with Crippen LogP contribution < -0.4 is 4.74 Å². The number of hydrogen-bond acceptors (Lipinski definition) is 4. The van der Waals surface area contributed by atoms with E-state index in [4.69, 9.17) is 10.00 Å². The first kappa shape index (κ1) is 13.8. The molecule has 1 heterocycles. The number of aryl methyl sites for hydroxylation is 1. The molecule has 0 fully saturated rings. The number of benzene rings is 1. The van der Waals surface area contributed by atoms with Crippen LogP contribution in [0.1, 0.15) is 17.1 Å². The summed E-state index contributed by atoms with van der Waals surface area (Å²) in [4.78, 5) is 7.09. The third-order valence-corrected chi connectivity index (χ3v) is 2.29. The smallest absolute Gasteiger partial charge is 0.433 e. The molecule has 1 aromatic carbocycles. The molecule has 1 aromatic heterocycles. The van der Waals surface area contributed by atoms with Crippen LogP contribution >= 0.6 is 0 Å². The van der Waals surface area contributed by atoms with E-state index in [1.165, 1.54) is 19.1 Å². The first-order chi connectivity index (χ1) is 9.38. The average Bonchev–Trinajstić information content (AvgIpc) is 2.37. The van der Waals surface area contributed by atoms with Crippen LogP contribution in [0, 0.1) is 18.3 Å². The summed E-state index contributed by atoms with van der Waals surface area (Å²) in [7, 11) is 0. The van der Waals surface area contributed by atoms with E-state index in [1.54, 1.807) is 12.1 Å². The second-order valence-corrected chi connectivity index (χ2v) is 3.88. The van der Waals surface area contributed by atoms with Crippen molar-refractivity contribution in [3.8, 4) is 17.7 Å². The van der Waals surface area contributed by atoms with E-state index in [1.807, 2.05) is 6.07 Å². The second-order valence-electron chi connectivity index (χ2n) is 3.88. The highest BCUT2D eigenvalue weighted by Gasteiger charge is 2.33. The third-order valence-electron chi connectivity index (χ3n) is 2.29. The van der Waals surface area contributed by atoms with Gasteiger partial charge in [-0.15, -0.1) is 0 Å². The van der Waals surface area contributed by atoms with Gasteiger partial charge in [-0.05, 0) is 25.1 Å². The number of nitrogens with zero attached hydrogens (tertiary/aromatic N) is 3. The number of hydrogen-bond donors (Lipinski definition) is 0. The summed E-state index contributed by atoms with van der Waals surface area (Å²) in [6.07, 6.45) is -4.57. The molecule has 4 nitrogen and oxygen atoms in total. The maximum absolute atomic E-state index is 12.6. The molecule has 2 rings (SSSR count). The number of ether oxygens (including phenoxy) is 1. The van der Waals surface area contributed by atoms with Gasteiger partial charge in [0.2, 0.25) is 5.88 Å². The van der Waals surface area contributed by atoms with Crippen molar-refractivity contribution in [2.24, 2.45) is 0 Å². The molecule has 0 radical (unpaired) electrons. The fraction of sp³-hybridized carbons (Fsp3) is 0.154. The van der Waals surface area contributed by atoms with Crippen LogP contribution in [0.5, 0.6) is 11.6 Å². The Labute approximate surface area is 112 Å². The molecule has 0 amide bonds. The van der Waals surface area contributed by atoms with Gasteiger partial charge in [0.05, 0.1) is 11.6 Å². The predicted octanol–water partition coefficient (Wildman–Crippen LogP) is 3.47. The number of halogens is 3. The monoisotopic (exact) mass is 279 g/mol. The fourth-order valence-corrected chi connectivity index (χ4v) is 1.49. The molecule has 0 aliphatic carbocycles. The molecule has 0 aliphatic rings. The number of alkyl halides is 3. The van der Waals surface area contributed by atoms with E-state index >= 15 is 0 Å². The average molecular weight is 279 g/mol. The largest absolute Gasteiger partial charge is 0.439 e. The van der Waals surface area contributed by atoms with Crippen LogP contribution in [0.3, 0.4) is 0 Å². The molecular formula is C13H8F3N3O. The Morgan fingerprint density at radius 2 is 1.95 bits per heavy atom. The molecule has 0 bridgehead atoms. The van der Waals surface area contributed by atoms with Gasteiger partial charge in [-0.1, -0.05) is 6.07 Å². The lowest BCUT2D eigenvalue weighted by molar-refractivity contribution is -0.141. The summed E-state index contributed by atoms with van der Waals surface area (Å²) in [6, 6.07) is 8.67. The molecule has 20 heavy (non-hydrogen) atoms. The number of nitriles is 1. The van der Waals surface area contributed by atoms with Crippen molar-refractivity contribution in [3.05, 3.63) is 47.4 Å². The normalized spacial score (nSPS) is 10.9. The summed E-state index contributed by atoms with van der Waals surface area (Å²) in [5, 5.41) is 8.74. The zero-order chi connectivity index (χ0) is 14.8. The fourth-order valence-electron chi connectivity index (χ4n) is 1.49. The molecule has 0 atom stereocenters.